The third kappa shape index (κ3) is 8.85. The first kappa shape index (κ1) is 25.1. The Bertz CT molecular complexity index is 477. The predicted octanol–water partition coefficient (Wildman–Crippen LogP) is 4.69. The van der Waals surface area contributed by atoms with Crippen LogP contribution in [-0.4, -0.2) is 59.3 Å². The Morgan fingerprint density at radius 1 is 0.690 bits per heavy atom. The molecule has 0 unspecified atom stereocenters. The van der Waals surface area contributed by atoms with Gasteiger partial charge >= 0.3 is 0 Å². The molecule has 2 aliphatic rings. The maximum absolute atomic E-state index is 3.84. The first-order valence-electron chi connectivity index (χ1n) is 12.2. The normalized spacial score (nSPS) is 26.7. The summed E-state index contributed by atoms with van der Waals surface area (Å²) in [6, 6.07) is 1.36. The summed E-state index contributed by atoms with van der Waals surface area (Å²) in [5.74, 6) is 0. The molecule has 2 saturated heterocycles. The van der Waals surface area contributed by atoms with Crippen molar-refractivity contribution >= 4 is 0 Å². The second kappa shape index (κ2) is 9.54. The average molecular weight is 409 g/mol. The number of nitrogens with zero attached hydrogens (tertiary/aromatic N) is 1. The van der Waals surface area contributed by atoms with Gasteiger partial charge in [-0.15, -0.1) is 0 Å². The van der Waals surface area contributed by atoms with Gasteiger partial charge in [0.15, 0.2) is 0 Å². The van der Waals surface area contributed by atoms with E-state index in [0.29, 0.717) is 12.1 Å². The van der Waals surface area contributed by atoms with Crippen LogP contribution >= 0.6 is 0 Å². The molecule has 0 aromatic heterocycles. The second-order valence-corrected chi connectivity index (χ2v) is 12.8. The van der Waals surface area contributed by atoms with E-state index >= 15 is 0 Å². The molecule has 0 aliphatic carbocycles. The summed E-state index contributed by atoms with van der Waals surface area (Å²) >= 11 is 0. The van der Waals surface area contributed by atoms with Crippen molar-refractivity contribution in [2.24, 2.45) is 0 Å². The highest BCUT2D eigenvalue weighted by molar-refractivity contribution is 5.00. The van der Waals surface area contributed by atoms with Gasteiger partial charge in [0.2, 0.25) is 0 Å². The topological polar surface area (TPSA) is 39.3 Å². The van der Waals surface area contributed by atoms with E-state index < -0.39 is 0 Å². The largest absolute Gasteiger partial charge is 0.314 e. The van der Waals surface area contributed by atoms with Crippen molar-refractivity contribution < 1.29 is 0 Å². The standard InChI is InChI=1S/C25H52N4/c1-22(2)16-20(17-23(3,4)27-22)26-14-12-10-11-13-15-29(9)21-18-24(5,6)28-25(7,8)19-21/h20-21,26-28H,10-19H2,1-9H3. The lowest BCUT2D eigenvalue weighted by atomic mass is 9.79. The lowest BCUT2D eigenvalue weighted by molar-refractivity contribution is 0.0805. The molecular weight excluding hydrogens is 356 g/mol. The van der Waals surface area contributed by atoms with Crippen LogP contribution in [0.4, 0.5) is 0 Å². The minimum atomic E-state index is 0.238. The fourth-order valence-corrected chi connectivity index (χ4v) is 6.38. The van der Waals surface area contributed by atoms with Crippen LogP contribution in [0.5, 0.6) is 0 Å². The van der Waals surface area contributed by atoms with Crippen molar-refractivity contribution in [2.75, 3.05) is 20.1 Å². The molecule has 0 radical (unpaired) electrons. The molecule has 2 aliphatic heterocycles. The monoisotopic (exact) mass is 408 g/mol. The van der Waals surface area contributed by atoms with Crippen molar-refractivity contribution in [3.05, 3.63) is 0 Å². The molecule has 0 aromatic rings. The van der Waals surface area contributed by atoms with Gasteiger partial charge in [-0.1, -0.05) is 12.8 Å². The minimum absolute atomic E-state index is 0.238. The van der Waals surface area contributed by atoms with Crippen LogP contribution in [0.1, 0.15) is 107 Å². The molecule has 0 atom stereocenters. The Kier molecular flexibility index (Phi) is 8.26. The molecule has 0 saturated carbocycles. The predicted molar refractivity (Wildman–Crippen MR) is 128 cm³/mol. The molecule has 2 rings (SSSR count). The molecule has 0 spiro atoms. The molecular formula is C25H52N4. The third-order valence-electron chi connectivity index (χ3n) is 6.85. The van der Waals surface area contributed by atoms with Crippen LogP contribution < -0.4 is 16.0 Å². The number of nitrogens with one attached hydrogen (secondary N) is 3. The van der Waals surface area contributed by atoms with Crippen LogP contribution in [-0.2, 0) is 0 Å². The number of hydrogen-bond donors (Lipinski definition) is 3. The molecule has 0 amide bonds. The zero-order valence-electron chi connectivity index (χ0n) is 21.2. The van der Waals surface area contributed by atoms with Crippen LogP contribution in [0.3, 0.4) is 0 Å². The zero-order chi connectivity index (χ0) is 21.9. The average Bonchev–Trinajstić information content (AvgIpc) is 2.47. The van der Waals surface area contributed by atoms with E-state index in [2.05, 4.69) is 83.3 Å². The summed E-state index contributed by atoms with van der Waals surface area (Å²) in [5, 5.41) is 11.4. The van der Waals surface area contributed by atoms with E-state index in [1.54, 1.807) is 0 Å². The summed E-state index contributed by atoms with van der Waals surface area (Å²) in [4.78, 5) is 2.63. The van der Waals surface area contributed by atoms with Crippen molar-refractivity contribution in [3.63, 3.8) is 0 Å². The smallest absolute Gasteiger partial charge is 0.0145 e. The molecule has 172 valence electrons. The number of piperidine rings is 2. The summed E-state index contributed by atoms with van der Waals surface area (Å²) in [5.41, 5.74) is 0.956. The van der Waals surface area contributed by atoms with Gasteiger partial charge in [-0.2, -0.15) is 0 Å². The molecule has 4 heteroatoms. The quantitative estimate of drug-likeness (QED) is 0.484. The molecule has 0 bridgehead atoms. The van der Waals surface area contributed by atoms with Crippen molar-refractivity contribution in [2.45, 2.75) is 141 Å². The Balaban J connectivity index is 1.59. The summed E-state index contributed by atoms with van der Waals surface area (Å²) < 4.78 is 0. The van der Waals surface area contributed by atoms with Gasteiger partial charge in [0, 0.05) is 34.2 Å². The lowest BCUT2D eigenvalue weighted by Gasteiger charge is -2.49. The fourth-order valence-electron chi connectivity index (χ4n) is 6.38. The van der Waals surface area contributed by atoms with Gasteiger partial charge < -0.3 is 20.9 Å². The highest BCUT2D eigenvalue weighted by Gasteiger charge is 2.39. The first-order chi connectivity index (χ1) is 13.2. The summed E-state index contributed by atoms with van der Waals surface area (Å²) in [6.07, 6.45) is 10.3. The van der Waals surface area contributed by atoms with Gasteiger partial charge in [-0.3, -0.25) is 0 Å². The van der Waals surface area contributed by atoms with Gasteiger partial charge in [0.25, 0.3) is 0 Å². The fraction of sp³-hybridized carbons (Fsp3) is 1.00. The van der Waals surface area contributed by atoms with Crippen LogP contribution in [0.25, 0.3) is 0 Å². The maximum Gasteiger partial charge on any atom is 0.0145 e. The van der Waals surface area contributed by atoms with Crippen LogP contribution in [0, 0.1) is 0 Å². The second-order valence-electron chi connectivity index (χ2n) is 12.8. The van der Waals surface area contributed by atoms with E-state index in [1.807, 2.05) is 0 Å². The van der Waals surface area contributed by atoms with Crippen molar-refractivity contribution in [3.8, 4) is 0 Å². The highest BCUT2D eigenvalue weighted by Crippen LogP contribution is 2.31. The molecule has 29 heavy (non-hydrogen) atoms. The molecule has 3 N–H and O–H groups in total. The van der Waals surface area contributed by atoms with Crippen molar-refractivity contribution in [1.82, 2.24) is 20.9 Å². The Morgan fingerprint density at radius 3 is 1.66 bits per heavy atom. The number of hydrogen-bond acceptors (Lipinski definition) is 4. The molecule has 4 nitrogen and oxygen atoms in total. The van der Waals surface area contributed by atoms with E-state index in [-0.39, 0.29) is 22.2 Å². The molecule has 2 fully saturated rings. The highest BCUT2D eigenvalue weighted by atomic mass is 15.2. The van der Waals surface area contributed by atoms with E-state index in [1.165, 1.54) is 64.5 Å². The third-order valence-corrected chi connectivity index (χ3v) is 6.85. The van der Waals surface area contributed by atoms with Crippen LogP contribution in [0.15, 0.2) is 0 Å². The zero-order valence-corrected chi connectivity index (χ0v) is 21.2. The number of unbranched alkanes of at least 4 members (excludes halogenated alkanes) is 3. The Morgan fingerprint density at radius 2 is 1.14 bits per heavy atom. The van der Waals surface area contributed by atoms with Crippen LogP contribution in [0.2, 0.25) is 0 Å². The van der Waals surface area contributed by atoms with Gasteiger partial charge in [0.05, 0.1) is 0 Å². The van der Waals surface area contributed by atoms with Gasteiger partial charge in [-0.25, -0.2) is 0 Å². The van der Waals surface area contributed by atoms with Gasteiger partial charge in [0.1, 0.15) is 0 Å². The number of rotatable bonds is 9. The van der Waals surface area contributed by atoms with E-state index in [0.717, 1.165) is 0 Å². The summed E-state index contributed by atoms with van der Waals surface area (Å²) in [6.45, 7) is 21.2. The first-order valence-corrected chi connectivity index (χ1v) is 12.2. The minimum Gasteiger partial charge on any atom is -0.314 e. The van der Waals surface area contributed by atoms with E-state index in [9.17, 15) is 0 Å². The lowest BCUT2D eigenvalue weighted by Crippen LogP contribution is -2.61. The van der Waals surface area contributed by atoms with Crippen molar-refractivity contribution in [1.29, 1.82) is 0 Å². The SMILES string of the molecule is CN(CCCCCCNC1CC(C)(C)NC(C)(C)C1)C1CC(C)(C)NC(C)(C)C1. The van der Waals surface area contributed by atoms with Gasteiger partial charge in [-0.05, 0) is 114 Å². The molecule has 0 aromatic carbocycles. The molecule has 2 heterocycles. The Labute approximate surface area is 182 Å². The Hall–Kier alpha value is -0.160. The maximum atomic E-state index is 3.84. The summed E-state index contributed by atoms with van der Waals surface area (Å²) in [7, 11) is 2.34. The van der Waals surface area contributed by atoms with E-state index in [4.69, 9.17) is 0 Å².